The predicted octanol–water partition coefficient (Wildman–Crippen LogP) is 5.09. The van der Waals surface area contributed by atoms with Crippen LogP contribution in [0.3, 0.4) is 0 Å². The highest BCUT2D eigenvalue weighted by Gasteiger charge is 2.30. The zero-order valence-electron chi connectivity index (χ0n) is 11.1. The van der Waals surface area contributed by atoms with Crippen LogP contribution in [0, 0.1) is 5.92 Å². The van der Waals surface area contributed by atoms with E-state index in [0.29, 0.717) is 12.0 Å². The minimum atomic E-state index is -4.25. The van der Waals surface area contributed by atoms with Crippen molar-refractivity contribution >= 4 is 5.69 Å². The minimum absolute atomic E-state index is 0.399. The van der Waals surface area contributed by atoms with Crippen molar-refractivity contribution in [1.82, 2.24) is 0 Å². The van der Waals surface area contributed by atoms with Gasteiger partial charge in [0, 0.05) is 11.7 Å². The molecule has 0 bridgehead atoms. The number of hydrogen-bond acceptors (Lipinski definition) is 1. The van der Waals surface area contributed by atoms with Crippen molar-refractivity contribution in [2.75, 3.05) is 5.32 Å². The summed E-state index contributed by atoms with van der Waals surface area (Å²) in [7, 11) is 0. The fourth-order valence-electron chi connectivity index (χ4n) is 2.86. The Morgan fingerprint density at radius 1 is 1.11 bits per heavy atom. The second kappa shape index (κ2) is 5.85. The molecule has 2 atom stereocenters. The summed E-state index contributed by atoms with van der Waals surface area (Å²) in [6.07, 6.45) is 1.67. The van der Waals surface area contributed by atoms with Gasteiger partial charge in [0.15, 0.2) is 0 Å². The van der Waals surface area contributed by atoms with Gasteiger partial charge in [0.25, 0.3) is 0 Å². The van der Waals surface area contributed by atoms with Crippen molar-refractivity contribution in [2.45, 2.75) is 51.2 Å². The van der Waals surface area contributed by atoms with Crippen molar-refractivity contribution < 1.29 is 13.2 Å². The molecule has 0 aliphatic heterocycles. The first-order valence-electron chi connectivity index (χ1n) is 6.94. The number of alkyl halides is 3. The van der Waals surface area contributed by atoms with Crippen molar-refractivity contribution in [3.63, 3.8) is 0 Å². The molecule has 0 radical (unpaired) electrons. The van der Waals surface area contributed by atoms with Crippen LogP contribution < -0.4 is 5.32 Å². The summed E-state index contributed by atoms with van der Waals surface area (Å²) in [4.78, 5) is 0. The zero-order chi connectivity index (χ0) is 13.9. The van der Waals surface area contributed by atoms with Gasteiger partial charge in [-0.15, -0.1) is 0 Å². The number of anilines is 1. The van der Waals surface area contributed by atoms with E-state index >= 15 is 0 Å². The number of benzene rings is 1. The zero-order valence-corrected chi connectivity index (χ0v) is 11.1. The lowest BCUT2D eigenvalue weighted by Crippen LogP contribution is -2.31. The molecule has 0 heterocycles. The van der Waals surface area contributed by atoms with Crippen LogP contribution in [0.15, 0.2) is 24.3 Å². The predicted molar refractivity (Wildman–Crippen MR) is 71.1 cm³/mol. The van der Waals surface area contributed by atoms with Gasteiger partial charge in [-0.25, -0.2) is 0 Å². The van der Waals surface area contributed by atoms with Gasteiger partial charge < -0.3 is 5.32 Å². The molecule has 0 amide bonds. The first-order chi connectivity index (χ1) is 9.00. The van der Waals surface area contributed by atoms with Crippen LogP contribution in [-0.4, -0.2) is 6.04 Å². The summed E-state index contributed by atoms with van der Waals surface area (Å²) in [5.74, 6) is 0.635. The highest BCUT2D eigenvalue weighted by Crippen LogP contribution is 2.32. The van der Waals surface area contributed by atoms with Crippen LogP contribution in [0.1, 0.15) is 44.6 Å². The molecule has 1 aromatic rings. The van der Waals surface area contributed by atoms with Gasteiger partial charge in [0.2, 0.25) is 0 Å². The summed E-state index contributed by atoms with van der Waals surface area (Å²) < 4.78 is 37.4. The highest BCUT2D eigenvalue weighted by atomic mass is 19.4. The average molecular weight is 271 g/mol. The molecule has 0 aromatic heterocycles. The Balaban J connectivity index is 2.02. The molecule has 1 saturated carbocycles. The Bertz CT molecular complexity index is 397. The van der Waals surface area contributed by atoms with E-state index in [9.17, 15) is 13.2 Å². The molecule has 1 aliphatic carbocycles. The maximum Gasteiger partial charge on any atom is 0.416 e. The molecule has 0 saturated heterocycles. The summed E-state index contributed by atoms with van der Waals surface area (Å²) in [5.41, 5.74) is 0.201. The summed E-state index contributed by atoms with van der Waals surface area (Å²) in [6, 6.07) is 5.75. The summed E-state index contributed by atoms with van der Waals surface area (Å²) in [5, 5.41) is 3.39. The smallest absolute Gasteiger partial charge is 0.382 e. The fraction of sp³-hybridized carbons (Fsp3) is 0.600. The van der Waals surface area contributed by atoms with Gasteiger partial charge >= 0.3 is 6.18 Å². The van der Waals surface area contributed by atoms with Crippen molar-refractivity contribution in [2.24, 2.45) is 5.92 Å². The second-order valence-corrected chi connectivity index (χ2v) is 5.28. The third-order valence-corrected chi connectivity index (χ3v) is 4.00. The first-order valence-corrected chi connectivity index (χ1v) is 6.94. The van der Waals surface area contributed by atoms with Gasteiger partial charge in [0.05, 0.1) is 5.56 Å². The third kappa shape index (κ3) is 3.64. The quantitative estimate of drug-likeness (QED) is 0.807. The average Bonchev–Trinajstić information content (AvgIpc) is 2.39. The molecular weight excluding hydrogens is 251 g/mol. The SMILES string of the molecule is CCC1CCCCC1Nc1ccc(C(F)(F)F)cc1. The first kappa shape index (κ1) is 14.2. The molecule has 1 aromatic carbocycles. The topological polar surface area (TPSA) is 12.0 Å². The Labute approximate surface area is 112 Å². The van der Waals surface area contributed by atoms with Gasteiger partial charge in [-0.05, 0) is 43.0 Å². The molecular formula is C15H20F3N. The second-order valence-electron chi connectivity index (χ2n) is 5.28. The molecule has 1 aliphatic rings. The van der Waals surface area contributed by atoms with Gasteiger partial charge in [-0.2, -0.15) is 13.2 Å². The van der Waals surface area contributed by atoms with E-state index in [2.05, 4.69) is 12.2 Å². The normalized spacial score (nSPS) is 24.2. The van der Waals surface area contributed by atoms with Crippen LogP contribution in [0.2, 0.25) is 0 Å². The van der Waals surface area contributed by atoms with E-state index in [1.54, 1.807) is 0 Å². The lowest BCUT2D eigenvalue weighted by atomic mass is 9.83. The van der Waals surface area contributed by atoms with Gasteiger partial charge in [0.1, 0.15) is 0 Å². The minimum Gasteiger partial charge on any atom is -0.382 e. The van der Waals surface area contributed by atoms with E-state index < -0.39 is 11.7 Å². The van der Waals surface area contributed by atoms with Crippen LogP contribution in [-0.2, 0) is 6.18 Å². The van der Waals surface area contributed by atoms with E-state index in [-0.39, 0.29) is 0 Å². The van der Waals surface area contributed by atoms with Crippen molar-refractivity contribution in [3.8, 4) is 0 Å². The largest absolute Gasteiger partial charge is 0.416 e. The third-order valence-electron chi connectivity index (χ3n) is 4.00. The lowest BCUT2D eigenvalue weighted by Gasteiger charge is -2.32. The van der Waals surface area contributed by atoms with Crippen LogP contribution in [0.25, 0.3) is 0 Å². The van der Waals surface area contributed by atoms with Crippen LogP contribution in [0.5, 0.6) is 0 Å². The maximum absolute atomic E-state index is 12.5. The molecule has 1 nitrogen and oxygen atoms in total. The molecule has 2 unspecified atom stereocenters. The van der Waals surface area contributed by atoms with Gasteiger partial charge in [-0.1, -0.05) is 26.2 Å². The number of rotatable bonds is 3. The molecule has 2 rings (SSSR count). The van der Waals surface area contributed by atoms with E-state index in [1.165, 1.54) is 31.4 Å². The maximum atomic E-state index is 12.5. The number of nitrogens with one attached hydrogen (secondary N) is 1. The Morgan fingerprint density at radius 2 is 1.74 bits per heavy atom. The van der Waals surface area contributed by atoms with Crippen molar-refractivity contribution in [3.05, 3.63) is 29.8 Å². The van der Waals surface area contributed by atoms with E-state index in [4.69, 9.17) is 0 Å². The van der Waals surface area contributed by atoms with E-state index in [1.807, 2.05) is 0 Å². The number of hydrogen-bond donors (Lipinski definition) is 1. The molecule has 4 heteroatoms. The summed E-state index contributed by atoms with van der Waals surface area (Å²) in [6.45, 7) is 2.18. The molecule has 19 heavy (non-hydrogen) atoms. The van der Waals surface area contributed by atoms with E-state index in [0.717, 1.165) is 30.7 Å². The lowest BCUT2D eigenvalue weighted by molar-refractivity contribution is -0.137. The Kier molecular flexibility index (Phi) is 4.38. The van der Waals surface area contributed by atoms with Crippen LogP contribution >= 0.6 is 0 Å². The standard InChI is InChI=1S/C15H20F3N/c1-2-11-5-3-4-6-14(11)19-13-9-7-12(8-10-13)15(16,17)18/h7-11,14,19H,2-6H2,1H3. The Hall–Kier alpha value is -1.19. The molecule has 1 fully saturated rings. The van der Waals surface area contributed by atoms with Gasteiger partial charge in [-0.3, -0.25) is 0 Å². The van der Waals surface area contributed by atoms with Crippen molar-refractivity contribution in [1.29, 1.82) is 0 Å². The fourth-order valence-corrected chi connectivity index (χ4v) is 2.86. The molecule has 106 valence electrons. The monoisotopic (exact) mass is 271 g/mol. The molecule has 1 N–H and O–H groups in total. The highest BCUT2D eigenvalue weighted by molar-refractivity contribution is 5.46. The van der Waals surface area contributed by atoms with Crippen LogP contribution in [0.4, 0.5) is 18.9 Å². The Morgan fingerprint density at radius 3 is 2.32 bits per heavy atom. The number of halogens is 3. The summed E-state index contributed by atoms with van der Waals surface area (Å²) >= 11 is 0. The molecule has 0 spiro atoms.